The number of amides is 1. The number of carbonyl (C=O) groups is 1. The minimum absolute atomic E-state index is 0. The maximum absolute atomic E-state index is 12.8. The Morgan fingerprint density at radius 3 is 2.42 bits per heavy atom. The van der Waals surface area contributed by atoms with Crippen LogP contribution in [0.15, 0.2) is 53.3 Å². The second-order valence-electron chi connectivity index (χ2n) is 11.7. The van der Waals surface area contributed by atoms with Gasteiger partial charge in [-0.15, -0.1) is 12.4 Å². The fourth-order valence-electron chi connectivity index (χ4n) is 5.19. The van der Waals surface area contributed by atoms with E-state index in [4.69, 9.17) is 9.51 Å². The lowest BCUT2D eigenvalue weighted by Crippen LogP contribution is -2.43. The van der Waals surface area contributed by atoms with Gasteiger partial charge in [-0.2, -0.15) is 4.98 Å². The average molecular weight is 602 g/mol. The molecule has 1 atom stereocenters. The van der Waals surface area contributed by atoms with E-state index in [-0.39, 0.29) is 29.8 Å². The number of aromatic amines is 1. The molecule has 3 N–H and O–H groups in total. The number of imidazole rings is 1. The largest absolute Gasteiger partial charge is 0.369 e. The third-order valence-corrected chi connectivity index (χ3v) is 7.55. The molecule has 5 aromatic rings. The van der Waals surface area contributed by atoms with E-state index >= 15 is 0 Å². The van der Waals surface area contributed by atoms with Crippen molar-refractivity contribution in [2.75, 3.05) is 31.1 Å². The normalized spacial score (nSPS) is 14.4. The molecule has 11 nitrogen and oxygen atoms in total. The number of piperazine rings is 1. The summed E-state index contributed by atoms with van der Waals surface area (Å²) in [5.74, 6) is 0.790. The summed E-state index contributed by atoms with van der Waals surface area (Å²) in [6.07, 6.45) is 1.55. The highest BCUT2D eigenvalue weighted by atomic mass is 35.5. The Morgan fingerprint density at radius 2 is 1.74 bits per heavy atom. The SMILES string of the molecule is Cc1cc(-c2ncnc3[nH]c(-c4ccc(N5CCNCC5)cc4)nc23)ccc1[C@@H](C)NC(=O)c1nc(C(C)(C)C)no1.Cl. The summed E-state index contributed by atoms with van der Waals surface area (Å²) in [6, 6.07) is 14.2. The molecule has 3 aromatic heterocycles. The Hall–Kier alpha value is -4.35. The molecule has 43 heavy (non-hydrogen) atoms. The topological polar surface area (TPSA) is 138 Å². The second-order valence-corrected chi connectivity index (χ2v) is 11.7. The lowest BCUT2D eigenvalue weighted by atomic mass is 9.96. The average Bonchev–Trinajstić information content (AvgIpc) is 3.66. The molecule has 2 aromatic carbocycles. The van der Waals surface area contributed by atoms with E-state index in [1.807, 2.05) is 46.8 Å². The lowest BCUT2D eigenvalue weighted by Gasteiger charge is -2.29. The number of nitrogens with one attached hydrogen (secondary N) is 3. The molecule has 0 aliphatic carbocycles. The van der Waals surface area contributed by atoms with Crippen LogP contribution in [0.5, 0.6) is 0 Å². The molecule has 0 spiro atoms. The first kappa shape index (κ1) is 30.1. The van der Waals surface area contributed by atoms with Gasteiger partial charge in [-0.25, -0.2) is 15.0 Å². The van der Waals surface area contributed by atoms with Crippen molar-refractivity contribution < 1.29 is 9.32 Å². The summed E-state index contributed by atoms with van der Waals surface area (Å²) in [4.78, 5) is 36.7. The summed E-state index contributed by atoms with van der Waals surface area (Å²) in [5, 5.41) is 10.3. The van der Waals surface area contributed by atoms with Crippen molar-refractivity contribution >= 4 is 35.2 Å². The molecule has 1 fully saturated rings. The maximum Gasteiger partial charge on any atom is 0.315 e. The van der Waals surface area contributed by atoms with Gasteiger partial charge in [0.2, 0.25) is 0 Å². The van der Waals surface area contributed by atoms with Crippen molar-refractivity contribution in [2.45, 2.75) is 46.1 Å². The smallest absolute Gasteiger partial charge is 0.315 e. The molecule has 0 radical (unpaired) electrons. The maximum atomic E-state index is 12.8. The van der Waals surface area contributed by atoms with Crippen LogP contribution in [0.4, 0.5) is 5.69 Å². The van der Waals surface area contributed by atoms with Gasteiger partial charge in [0, 0.05) is 48.4 Å². The van der Waals surface area contributed by atoms with Crippen molar-refractivity contribution in [2.24, 2.45) is 0 Å². The molecule has 0 unspecified atom stereocenters. The monoisotopic (exact) mass is 601 g/mol. The molecule has 0 bridgehead atoms. The predicted octanol–water partition coefficient (Wildman–Crippen LogP) is 5.00. The highest BCUT2D eigenvalue weighted by molar-refractivity contribution is 5.90. The third-order valence-electron chi connectivity index (χ3n) is 7.55. The Bertz CT molecular complexity index is 1730. The van der Waals surface area contributed by atoms with Crippen molar-refractivity contribution in [1.29, 1.82) is 0 Å². The molecule has 1 saturated heterocycles. The van der Waals surface area contributed by atoms with Crippen LogP contribution in [0.25, 0.3) is 33.8 Å². The zero-order chi connectivity index (χ0) is 29.4. The molecule has 1 aliphatic rings. The number of nitrogens with zero attached hydrogens (tertiary/aromatic N) is 6. The fourth-order valence-corrected chi connectivity index (χ4v) is 5.19. The van der Waals surface area contributed by atoms with E-state index in [9.17, 15) is 4.79 Å². The zero-order valence-electron chi connectivity index (χ0n) is 24.9. The number of hydrogen-bond acceptors (Lipinski definition) is 9. The summed E-state index contributed by atoms with van der Waals surface area (Å²) >= 11 is 0. The summed E-state index contributed by atoms with van der Waals surface area (Å²) in [7, 11) is 0. The highest BCUT2D eigenvalue weighted by Crippen LogP contribution is 2.30. The second kappa shape index (κ2) is 12.1. The minimum Gasteiger partial charge on any atom is -0.369 e. The number of anilines is 1. The summed E-state index contributed by atoms with van der Waals surface area (Å²) in [5.41, 5.74) is 6.92. The van der Waals surface area contributed by atoms with Crippen LogP contribution >= 0.6 is 12.4 Å². The van der Waals surface area contributed by atoms with E-state index in [2.05, 4.69) is 71.0 Å². The number of fused-ring (bicyclic) bond motifs is 1. The molecule has 1 amide bonds. The number of H-pyrrole nitrogens is 1. The Kier molecular flexibility index (Phi) is 8.48. The van der Waals surface area contributed by atoms with E-state index in [0.717, 1.165) is 60.0 Å². The molecular weight excluding hydrogens is 566 g/mol. The van der Waals surface area contributed by atoms with Crippen LogP contribution in [0.3, 0.4) is 0 Å². The minimum atomic E-state index is -0.406. The number of rotatable bonds is 6. The number of benzene rings is 2. The summed E-state index contributed by atoms with van der Waals surface area (Å²) < 4.78 is 5.20. The van der Waals surface area contributed by atoms with Gasteiger partial charge in [-0.1, -0.05) is 38.1 Å². The van der Waals surface area contributed by atoms with Gasteiger partial charge in [0.15, 0.2) is 11.5 Å². The van der Waals surface area contributed by atoms with E-state index in [1.165, 1.54) is 5.69 Å². The van der Waals surface area contributed by atoms with Gasteiger partial charge >= 0.3 is 11.8 Å². The van der Waals surface area contributed by atoms with Crippen molar-refractivity contribution in [1.82, 2.24) is 40.7 Å². The molecule has 224 valence electrons. The molecule has 0 saturated carbocycles. The standard InChI is InChI=1S/C31H35N9O2.ClH/c1-18-16-21(8-11-23(18)19(2)35-28(41)29-38-30(39-42-29)31(3,4)5)24-25-27(34-17-33-24)37-26(36-25)20-6-9-22(10-7-20)40-14-12-32-13-15-40;/h6-11,16-17,19,32H,12-15H2,1-5H3,(H,35,41)(H,33,34,36,37);1H/t19-;/m1./s1. The van der Waals surface area contributed by atoms with Crippen LogP contribution in [-0.4, -0.2) is 62.2 Å². The van der Waals surface area contributed by atoms with E-state index in [1.54, 1.807) is 6.33 Å². The zero-order valence-corrected chi connectivity index (χ0v) is 25.7. The lowest BCUT2D eigenvalue weighted by molar-refractivity contribution is 0.0895. The van der Waals surface area contributed by atoms with Gasteiger partial charge < -0.3 is 25.0 Å². The third kappa shape index (κ3) is 6.23. The summed E-state index contributed by atoms with van der Waals surface area (Å²) in [6.45, 7) is 13.8. The van der Waals surface area contributed by atoms with Gasteiger partial charge in [0.1, 0.15) is 23.4 Å². The van der Waals surface area contributed by atoms with Crippen LogP contribution in [-0.2, 0) is 5.41 Å². The molecule has 4 heterocycles. The van der Waals surface area contributed by atoms with Crippen LogP contribution in [0.1, 0.15) is 61.4 Å². The van der Waals surface area contributed by atoms with Crippen molar-refractivity contribution in [3.05, 3.63) is 71.6 Å². The Labute approximate surface area is 256 Å². The van der Waals surface area contributed by atoms with E-state index in [0.29, 0.717) is 17.0 Å². The van der Waals surface area contributed by atoms with Gasteiger partial charge in [-0.05, 0) is 55.3 Å². The van der Waals surface area contributed by atoms with Crippen molar-refractivity contribution in [3.8, 4) is 22.6 Å². The van der Waals surface area contributed by atoms with E-state index < -0.39 is 5.91 Å². The number of carbonyl (C=O) groups excluding carboxylic acids is 1. The van der Waals surface area contributed by atoms with Gasteiger partial charge in [-0.3, -0.25) is 4.79 Å². The predicted molar refractivity (Wildman–Crippen MR) is 169 cm³/mol. The molecule has 1 aliphatic heterocycles. The van der Waals surface area contributed by atoms with Crippen molar-refractivity contribution in [3.63, 3.8) is 0 Å². The fraction of sp³-hybridized carbons (Fsp3) is 0.355. The van der Waals surface area contributed by atoms with Crippen LogP contribution in [0, 0.1) is 6.92 Å². The Morgan fingerprint density at radius 1 is 1.02 bits per heavy atom. The van der Waals surface area contributed by atoms with Crippen LogP contribution in [0.2, 0.25) is 0 Å². The Balaban J connectivity index is 0.00000368. The number of aryl methyl sites for hydroxylation is 1. The first-order valence-corrected chi connectivity index (χ1v) is 14.2. The quantitative estimate of drug-likeness (QED) is 0.245. The number of hydrogen-bond donors (Lipinski definition) is 3. The van der Waals surface area contributed by atoms with Gasteiger partial charge in [0.25, 0.3) is 0 Å². The first-order valence-electron chi connectivity index (χ1n) is 14.2. The van der Waals surface area contributed by atoms with Crippen LogP contribution < -0.4 is 15.5 Å². The molecule has 6 rings (SSSR count). The highest BCUT2D eigenvalue weighted by Gasteiger charge is 2.25. The van der Waals surface area contributed by atoms with Gasteiger partial charge in [0.05, 0.1) is 6.04 Å². The number of halogens is 1. The first-order chi connectivity index (χ1) is 20.2. The molecular formula is C31H36ClN9O2. The molecule has 12 heteroatoms. The number of aromatic nitrogens is 6.